The van der Waals surface area contributed by atoms with Gasteiger partial charge in [0.15, 0.2) is 17.2 Å². The Balaban J connectivity index is 2.51. The summed E-state index contributed by atoms with van der Waals surface area (Å²) in [7, 11) is 0. The van der Waals surface area contributed by atoms with Crippen LogP contribution in [0.1, 0.15) is 24.2 Å². The minimum Gasteiger partial charge on any atom is -0.461 e. The second kappa shape index (κ2) is 4.86. The largest absolute Gasteiger partial charge is 0.461 e. The molecule has 0 aliphatic heterocycles. The molecule has 1 heterocycles. The number of benzene rings is 1. The Hall–Kier alpha value is -1.75. The van der Waals surface area contributed by atoms with Crippen molar-refractivity contribution in [2.75, 3.05) is 6.54 Å². The Bertz CT molecular complexity index is 592. The van der Waals surface area contributed by atoms with Gasteiger partial charge in [-0.25, -0.2) is 8.78 Å². The van der Waals surface area contributed by atoms with E-state index >= 15 is 0 Å². The average Bonchev–Trinajstić information content (AvgIpc) is 2.83. The number of hydrogen-bond donors (Lipinski definition) is 1. The van der Waals surface area contributed by atoms with Gasteiger partial charge in [0, 0.05) is 0 Å². The molecule has 96 valence electrons. The average molecular weight is 253 g/mol. The first kappa shape index (κ1) is 12.7. The molecule has 0 radical (unpaired) electrons. The van der Waals surface area contributed by atoms with Crippen LogP contribution in [0.4, 0.5) is 8.78 Å². The zero-order valence-corrected chi connectivity index (χ0v) is 10.1. The van der Waals surface area contributed by atoms with Crippen LogP contribution in [0.15, 0.2) is 22.8 Å². The number of Topliss-reactive ketones (excluding diaryl/α,β-unsaturated/α-hetero) is 1. The fourth-order valence-electron chi connectivity index (χ4n) is 1.87. The van der Waals surface area contributed by atoms with Gasteiger partial charge in [-0.1, -0.05) is 6.92 Å². The highest BCUT2D eigenvalue weighted by atomic mass is 19.1. The molecule has 0 saturated carbocycles. The Morgan fingerprint density at radius 2 is 2.22 bits per heavy atom. The van der Waals surface area contributed by atoms with Crippen molar-refractivity contribution in [3.63, 3.8) is 0 Å². The molecule has 2 rings (SSSR count). The van der Waals surface area contributed by atoms with Crippen molar-refractivity contribution in [1.29, 1.82) is 0 Å². The van der Waals surface area contributed by atoms with Gasteiger partial charge in [0.1, 0.15) is 5.82 Å². The van der Waals surface area contributed by atoms with Crippen LogP contribution in [-0.4, -0.2) is 18.4 Å². The third-order valence-corrected chi connectivity index (χ3v) is 2.80. The molecular weight excluding hydrogens is 240 g/mol. The van der Waals surface area contributed by atoms with Gasteiger partial charge in [-0.05, 0) is 25.6 Å². The van der Waals surface area contributed by atoms with Crippen LogP contribution in [0.25, 0.3) is 11.0 Å². The monoisotopic (exact) mass is 253 g/mol. The summed E-state index contributed by atoms with van der Waals surface area (Å²) in [5.41, 5.74) is -0.509. The van der Waals surface area contributed by atoms with E-state index in [0.717, 1.165) is 6.07 Å². The molecular formula is C13H13F2NO2. The van der Waals surface area contributed by atoms with Gasteiger partial charge in [0.2, 0.25) is 0 Å². The van der Waals surface area contributed by atoms with E-state index in [4.69, 9.17) is 4.42 Å². The van der Waals surface area contributed by atoms with Crippen LogP contribution in [-0.2, 0) is 0 Å². The van der Waals surface area contributed by atoms with Gasteiger partial charge >= 0.3 is 0 Å². The van der Waals surface area contributed by atoms with Crippen molar-refractivity contribution in [2.24, 2.45) is 0 Å². The Labute approximate surface area is 103 Å². The van der Waals surface area contributed by atoms with Crippen molar-refractivity contribution in [1.82, 2.24) is 5.32 Å². The summed E-state index contributed by atoms with van der Waals surface area (Å²) < 4.78 is 32.6. The van der Waals surface area contributed by atoms with Crippen LogP contribution in [0, 0.1) is 11.6 Å². The third kappa shape index (κ3) is 2.01. The summed E-state index contributed by atoms with van der Waals surface area (Å²) >= 11 is 0. The normalized spacial score (nSPS) is 12.9. The van der Waals surface area contributed by atoms with E-state index in [1.54, 1.807) is 6.92 Å². The molecule has 1 aromatic heterocycles. The predicted molar refractivity (Wildman–Crippen MR) is 63.6 cm³/mol. The minimum absolute atomic E-state index is 0.0418. The molecule has 0 fully saturated rings. The molecule has 18 heavy (non-hydrogen) atoms. The summed E-state index contributed by atoms with van der Waals surface area (Å²) in [6, 6.07) is 1.68. The van der Waals surface area contributed by atoms with Crippen molar-refractivity contribution >= 4 is 16.8 Å². The number of furan rings is 1. The number of fused-ring (bicyclic) bond motifs is 1. The quantitative estimate of drug-likeness (QED) is 0.852. The van der Waals surface area contributed by atoms with E-state index in [1.165, 1.54) is 12.3 Å². The van der Waals surface area contributed by atoms with Gasteiger partial charge in [0.05, 0.1) is 23.3 Å². The summed E-state index contributed by atoms with van der Waals surface area (Å²) in [6.45, 7) is 4.01. The fourth-order valence-corrected chi connectivity index (χ4v) is 1.87. The predicted octanol–water partition coefficient (Wildman–Crippen LogP) is 2.89. The van der Waals surface area contributed by atoms with Gasteiger partial charge in [-0.3, -0.25) is 4.79 Å². The Morgan fingerprint density at radius 3 is 2.89 bits per heavy atom. The van der Waals surface area contributed by atoms with E-state index in [1.807, 2.05) is 6.92 Å². The van der Waals surface area contributed by atoms with Gasteiger partial charge in [-0.2, -0.15) is 0 Å². The van der Waals surface area contributed by atoms with Gasteiger partial charge in [0.25, 0.3) is 0 Å². The van der Waals surface area contributed by atoms with E-state index < -0.39 is 23.5 Å². The van der Waals surface area contributed by atoms with Crippen molar-refractivity contribution in [3.05, 3.63) is 35.6 Å². The molecule has 1 aromatic carbocycles. The highest BCUT2D eigenvalue weighted by molar-refractivity contribution is 6.02. The highest BCUT2D eigenvalue weighted by Crippen LogP contribution is 2.26. The number of hydrogen-bond acceptors (Lipinski definition) is 3. The molecule has 3 nitrogen and oxygen atoms in total. The SMILES string of the molecule is CCN[C@@H](C)C(=O)c1cc(F)c2ccoc2c1F. The van der Waals surface area contributed by atoms with Gasteiger partial charge in [-0.15, -0.1) is 0 Å². The van der Waals surface area contributed by atoms with E-state index in [9.17, 15) is 13.6 Å². The first-order valence-electron chi connectivity index (χ1n) is 5.69. The number of ketones is 1. The first-order chi connectivity index (χ1) is 8.56. The van der Waals surface area contributed by atoms with E-state index in [-0.39, 0.29) is 16.5 Å². The standard InChI is InChI=1S/C13H13F2NO2/c1-3-16-7(2)12(17)9-6-10(14)8-4-5-18-13(8)11(9)15/h4-7,16H,3H2,1-2H3/t7-/m0/s1. The Kier molecular flexibility index (Phi) is 3.43. The molecule has 0 spiro atoms. The van der Waals surface area contributed by atoms with Crippen LogP contribution in [0.5, 0.6) is 0 Å². The number of carbonyl (C=O) groups excluding carboxylic acids is 1. The van der Waals surface area contributed by atoms with Crippen LogP contribution in [0.2, 0.25) is 0 Å². The van der Waals surface area contributed by atoms with Gasteiger partial charge < -0.3 is 9.73 Å². The molecule has 1 atom stereocenters. The summed E-state index contributed by atoms with van der Waals surface area (Å²) in [6.07, 6.45) is 1.19. The maximum absolute atomic E-state index is 14.0. The zero-order chi connectivity index (χ0) is 13.3. The Morgan fingerprint density at radius 1 is 1.50 bits per heavy atom. The number of rotatable bonds is 4. The van der Waals surface area contributed by atoms with Crippen molar-refractivity contribution in [2.45, 2.75) is 19.9 Å². The summed E-state index contributed by atoms with van der Waals surface area (Å²) in [5.74, 6) is -1.97. The zero-order valence-electron chi connectivity index (χ0n) is 10.1. The molecule has 0 unspecified atom stereocenters. The number of halogens is 2. The number of nitrogens with one attached hydrogen (secondary N) is 1. The lowest BCUT2D eigenvalue weighted by Crippen LogP contribution is -2.34. The highest BCUT2D eigenvalue weighted by Gasteiger charge is 2.23. The topological polar surface area (TPSA) is 42.2 Å². The van der Waals surface area contributed by atoms with Crippen molar-refractivity contribution in [3.8, 4) is 0 Å². The number of likely N-dealkylation sites (N-methyl/N-ethyl adjacent to an activating group) is 1. The summed E-state index contributed by atoms with van der Waals surface area (Å²) in [5, 5.41) is 2.90. The molecule has 0 bridgehead atoms. The first-order valence-corrected chi connectivity index (χ1v) is 5.69. The second-order valence-electron chi connectivity index (χ2n) is 4.03. The molecule has 0 saturated heterocycles. The molecule has 2 aromatic rings. The lowest BCUT2D eigenvalue weighted by molar-refractivity contribution is 0.0947. The van der Waals surface area contributed by atoms with E-state index in [0.29, 0.717) is 6.54 Å². The summed E-state index contributed by atoms with van der Waals surface area (Å²) in [4.78, 5) is 12.0. The molecule has 1 N–H and O–H groups in total. The molecule has 0 amide bonds. The maximum Gasteiger partial charge on any atom is 0.182 e. The maximum atomic E-state index is 14.0. The smallest absolute Gasteiger partial charge is 0.182 e. The number of carbonyl (C=O) groups is 1. The van der Waals surface area contributed by atoms with E-state index in [2.05, 4.69) is 5.32 Å². The lowest BCUT2D eigenvalue weighted by Gasteiger charge is -2.11. The van der Waals surface area contributed by atoms with Crippen LogP contribution in [0.3, 0.4) is 0 Å². The van der Waals surface area contributed by atoms with Crippen LogP contribution >= 0.6 is 0 Å². The van der Waals surface area contributed by atoms with Crippen LogP contribution < -0.4 is 5.32 Å². The van der Waals surface area contributed by atoms with Crippen molar-refractivity contribution < 1.29 is 18.0 Å². The minimum atomic E-state index is -0.814. The lowest BCUT2D eigenvalue weighted by atomic mass is 10.0. The molecule has 5 heteroatoms. The molecule has 0 aliphatic rings. The third-order valence-electron chi connectivity index (χ3n) is 2.80. The molecule has 0 aliphatic carbocycles. The second-order valence-corrected chi connectivity index (χ2v) is 4.03. The fraction of sp³-hybridized carbons (Fsp3) is 0.308.